The number of nitrogens with one attached hydrogen (secondary N) is 1. The number of benzene rings is 1. The Kier molecular flexibility index (Phi) is 4.13. The molecule has 16 heavy (non-hydrogen) atoms. The van der Waals surface area contributed by atoms with Gasteiger partial charge in [-0.2, -0.15) is 0 Å². The Balaban J connectivity index is 1.91. The third-order valence-electron chi connectivity index (χ3n) is 2.87. The molecule has 0 saturated heterocycles. The monoisotopic (exact) mass is 283 g/mol. The molecule has 0 radical (unpaired) electrons. The standard InChI is InChI=1S/C13H15BrFN/c14-13-8-11(15)7-6-10(13)9-16-12-4-2-1-3-5-12/h1-2,6-8,12,16H,3-5,9H2. The van der Waals surface area contributed by atoms with Gasteiger partial charge in [0.05, 0.1) is 0 Å². The molecule has 0 aliphatic heterocycles. The van der Waals surface area contributed by atoms with Crippen molar-refractivity contribution in [1.29, 1.82) is 0 Å². The molecule has 0 aromatic heterocycles. The summed E-state index contributed by atoms with van der Waals surface area (Å²) >= 11 is 3.38. The lowest BCUT2D eigenvalue weighted by molar-refractivity contribution is 0.473. The lowest BCUT2D eigenvalue weighted by Gasteiger charge is -2.19. The second kappa shape index (κ2) is 5.60. The van der Waals surface area contributed by atoms with Crippen molar-refractivity contribution in [2.75, 3.05) is 0 Å². The van der Waals surface area contributed by atoms with Gasteiger partial charge in [-0.25, -0.2) is 4.39 Å². The van der Waals surface area contributed by atoms with Crippen molar-refractivity contribution in [3.05, 3.63) is 46.2 Å². The number of hydrogen-bond donors (Lipinski definition) is 1. The number of allylic oxidation sites excluding steroid dienone is 1. The van der Waals surface area contributed by atoms with Gasteiger partial charge in [0, 0.05) is 17.1 Å². The molecule has 0 spiro atoms. The maximum absolute atomic E-state index is 12.9. The summed E-state index contributed by atoms with van der Waals surface area (Å²) in [6.07, 6.45) is 7.89. The smallest absolute Gasteiger partial charge is 0.124 e. The molecule has 2 rings (SSSR count). The number of rotatable bonds is 3. The summed E-state index contributed by atoms with van der Waals surface area (Å²) in [5, 5.41) is 3.49. The van der Waals surface area contributed by atoms with Gasteiger partial charge in [0.15, 0.2) is 0 Å². The molecule has 0 saturated carbocycles. The van der Waals surface area contributed by atoms with Crippen molar-refractivity contribution in [2.24, 2.45) is 0 Å². The maximum atomic E-state index is 12.9. The van der Waals surface area contributed by atoms with Gasteiger partial charge < -0.3 is 5.32 Å². The van der Waals surface area contributed by atoms with E-state index in [-0.39, 0.29) is 5.82 Å². The Morgan fingerprint density at radius 2 is 2.25 bits per heavy atom. The molecule has 0 heterocycles. The third-order valence-corrected chi connectivity index (χ3v) is 3.60. The zero-order valence-electron chi connectivity index (χ0n) is 9.05. The van der Waals surface area contributed by atoms with Crippen LogP contribution in [0.3, 0.4) is 0 Å². The van der Waals surface area contributed by atoms with E-state index in [1.165, 1.54) is 18.6 Å². The molecular formula is C13H15BrFN. The second-order valence-electron chi connectivity index (χ2n) is 4.10. The zero-order valence-corrected chi connectivity index (χ0v) is 10.6. The van der Waals surface area contributed by atoms with Gasteiger partial charge in [-0.3, -0.25) is 0 Å². The summed E-state index contributed by atoms with van der Waals surface area (Å²) in [6.45, 7) is 0.791. The average molecular weight is 284 g/mol. The lowest BCUT2D eigenvalue weighted by atomic mass is 10.0. The molecular weight excluding hydrogens is 269 g/mol. The van der Waals surface area contributed by atoms with Crippen LogP contribution in [0.4, 0.5) is 4.39 Å². The molecule has 86 valence electrons. The van der Waals surface area contributed by atoms with E-state index in [0.29, 0.717) is 6.04 Å². The first-order valence-electron chi connectivity index (χ1n) is 5.58. The van der Waals surface area contributed by atoms with Crippen LogP contribution in [-0.2, 0) is 6.54 Å². The van der Waals surface area contributed by atoms with Crippen molar-refractivity contribution in [2.45, 2.75) is 31.8 Å². The highest BCUT2D eigenvalue weighted by molar-refractivity contribution is 9.10. The van der Waals surface area contributed by atoms with E-state index in [0.717, 1.165) is 29.4 Å². The van der Waals surface area contributed by atoms with Crippen molar-refractivity contribution in [3.63, 3.8) is 0 Å². The Hall–Kier alpha value is -0.670. The zero-order chi connectivity index (χ0) is 11.4. The van der Waals surface area contributed by atoms with Gasteiger partial charge in [-0.1, -0.05) is 34.1 Å². The molecule has 1 unspecified atom stereocenters. The van der Waals surface area contributed by atoms with E-state index in [2.05, 4.69) is 33.4 Å². The fraction of sp³-hybridized carbons (Fsp3) is 0.385. The predicted molar refractivity (Wildman–Crippen MR) is 67.7 cm³/mol. The molecule has 0 fully saturated rings. The first kappa shape index (κ1) is 11.8. The summed E-state index contributed by atoms with van der Waals surface area (Å²) in [5.41, 5.74) is 1.11. The average Bonchev–Trinajstić information content (AvgIpc) is 2.29. The van der Waals surface area contributed by atoms with Crippen LogP contribution < -0.4 is 5.32 Å². The highest BCUT2D eigenvalue weighted by atomic mass is 79.9. The van der Waals surface area contributed by atoms with Gasteiger partial charge >= 0.3 is 0 Å². The maximum Gasteiger partial charge on any atom is 0.124 e. The van der Waals surface area contributed by atoms with Crippen molar-refractivity contribution in [1.82, 2.24) is 5.32 Å². The van der Waals surface area contributed by atoms with Crippen LogP contribution in [-0.4, -0.2) is 6.04 Å². The van der Waals surface area contributed by atoms with E-state index >= 15 is 0 Å². The third kappa shape index (κ3) is 3.16. The van der Waals surface area contributed by atoms with Gasteiger partial charge in [0.25, 0.3) is 0 Å². The highest BCUT2D eigenvalue weighted by Crippen LogP contribution is 2.19. The van der Waals surface area contributed by atoms with E-state index in [1.54, 1.807) is 0 Å². The topological polar surface area (TPSA) is 12.0 Å². The summed E-state index contributed by atoms with van der Waals surface area (Å²) in [7, 11) is 0. The highest BCUT2D eigenvalue weighted by Gasteiger charge is 2.09. The molecule has 0 bridgehead atoms. The first-order valence-corrected chi connectivity index (χ1v) is 6.37. The molecule has 1 atom stereocenters. The van der Waals surface area contributed by atoms with E-state index < -0.39 is 0 Å². The van der Waals surface area contributed by atoms with Crippen molar-refractivity contribution >= 4 is 15.9 Å². The van der Waals surface area contributed by atoms with E-state index in [1.807, 2.05) is 6.07 Å². The largest absolute Gasteiger partial charge is 0.310 e. The SMILES string of the molecule is Fc1ccc(CNC2CC=CCC2)c(Br)c1. The van der Waals surface area contributed by atoms with Crippen LogP contribution in [0.1, 0.15) is 24.8 Å². The van der Waals surface area contributed by atoms with Crippen LogP contribution in [0.15, 0.2) is 34.8 Å². The Labute approximate surface area is 104 Å². The first-order chi connectivity index (χ1) is 7.75. The van der Waals surface area contributed by atoms with Gasteiger partial charge in [-0.15, -0.1) is 0 Å². The quantitative estimate of drug-likeness (QED) is 0.833. The second-order valence-corrected chi connectivity index (χ2v) is 4.95. The van der Waals surface area contributed by atoms with Gasteiger partial charge in [0.1, 0.15) is 5.82 Å². The minimum Gasteiger partial charge on any atom is -0.310 e. The summed E-state index contributed by atoms with van der Waals surface area (Å²) in [5.74, 6) is -0.198. The molecule has 1 aromatic carbocycles. The molecule has 1 nitrogen and oxygen atoms in total. The summed E-state index contributed by atoms with van der Waals surface area (Å²) in [6, 6.07) is 5.40. The van der Waals surface area contributed by atoms with Gasteiger partial charge in [-0.05, 0) is 37.0 Å². The lowest BCUT2D eigenvalue weighted by Crippen LogP contribution is -2.29. The Morgan fingerprint density at radius 3 is 2.94 bits per heavy atom. The fourth-order valence-corrected chi connectivity index (χ4v) is 2.39. The molecule has 3 heteroatoms. The molecule has 1 aliphatic carbocycles. The number of hydrogen-bond acceptors (Lipinski definition) is 1. The van der Waals surface area contributed by atoms with Crippen LogP contribution in [0, 0.1) is 5.82 Å². The van der Waals surface area contributed by atoms with Crippen LogP contribution in [0.5, 0.6) is 0 Å². The molecule has 1 aromatic rings. The van der Waals surface area contributed by atoms with Crippen molar-refractivity contribution < 1.29 is 4.39 Å². The Morgan fingerprint density at radius 1 is 1.38 bits per heavy atom. The molecule has 0 amide bonds. The normalized spacial score (nSPS) is 20.0. The Bertz CT molecular complexity index is 390. The van der Waals surface area contributed by atoms with E-state index in [9.17, 15) is 4.39 Å². The van der Waals surface area contributed by atoms with Gasteiger partial charge in [0.2, 0.25) is 0 Å². The minimum absolute atomic E-state index is 0.198. The van der Waals surface area contributed by atoms with Crippen molar-refractivity contribution in [3.8, 4) is 0 Å². The van der Waals surface area contributed by atoms with E-state index in [4.69, 9.17) is 0 Å². The fourth-order valence-electron chi connectivity index (χ4n) is 1.90. The minimum atomic E-state index is -0.198. The number of halogens is 2. The summed E-state index contributed by atoms with van der Waals surface area (Å²) in [4.78, 5) is 0. The molecule has 1 aliphatic rings. The predicted octanol–water partition coefficient (Wildman–Crippen LogP) is 3.79. The summed E-state index contributed by atoms with van der Waals surface area (Å²) < 4.78 is 13.7. The van der Waals surface area contributed by atoms with Crippen LogP contribution in [0.2, 0.25) is 0 Å². The van der Waals surface area contributed by atoms with Crippen LogP contribution in [0.25, 0.3) is 0 Å². The van der Waals surface area contributed by atoms with Crippen LogP contribution >= 0.6 is 15.9 Å². The molecule has 1 N–H and O–H groups in total.